The minimum Gasteiger partial charge on any atom is -0.444 e. The smallest absolute Gasteiger partial charge is 0.444 e. The summed E-state index contributed by atoms with van der Waals surface area (Å²) in [6, 6.07) is 12.1. The van der Waals surface area contributed by atoms with Crippen molar-refractivity contribution in [2.45, 2.75) is 112 Å². The summed E-state index contributed by atoms with van der Waals surface area (Å²) in [5, 5.41) is 11.5. The number of benzene rings is 2. The molecule has 0 spiro atoms. The lowest BCUT2D eigenvalue weighted by molar-refractivity contribution is -0.396. The summed E-state index contributed by atoms with van der Waals surface area (Å²) in [7, 11) is -4.59. The number of hydrogen-bond acceptors (Lipinski definition) is 4. The Balaban J connectivity index is 1.80. The average Bonchev–Trinajstić information content (AvgIpc) is 3.23. The predicted octanol–water partition coefficient (Wildman–Crippen LogP) is 7.91. The van der Waals surface area contributed by atoms with Gasteiger partial charge in [-0.05, 0) is 52.9 Å². The second kappa shape index (κ2) is 12.1. The summed E-state index contributed by atoms with van der Waals surface area (Å²) in [4.78, 5) is 14.3. The Morgan fingerprint density at radius 3 is 1.67 bits per heavy atom. The van der Waals surface area contributed by atoms with E-state index in [4.69, 9.17) is 4.74 Å². The van der Waals surface area contributed by atoms with Crippen molar-refractivity contribution in [2.24, 2.45) is 0 Å². The third kappa shape index (κ3) is 6.66. The van der Waals surface area contributed by atoms with Crippen molar-refractivity contribution in [3.05, 3.63) is 60.7 Å². The Kier molecular flexibility index (Phi) is 9.47. The van der Waals surface area contributed by atoms with Crippen molar-refractivity contribution in [3.8, 4) is 0 Å². The van der Waals surface area contributed by atoms with Gasteiger partial charge in [0.2, 0.25) is 0 Å². The van der Waals surface area contributed by atoms with Gasteiger partial charge in [-0.3, -0.25) is 0 Å². The van der Waals surface area contributed by atoms with Crippen LogP contribution in [-0.4, -0.2) is 69.0 Å². The van der Waals surface area contributed by atoms with Crippen LogP contribution in [0.5, 0.6) is 0 Å². The first kappa shape index (κ1) is 36.1. The third-order valence-electron chi connectivity index (χ3n) is 8.57. The zero-order valence-corrected chi connectivity index (χ0v) is 26.1. The molecule has 2 aromatic rings. The Hall–Kier alpha value is -2.73. The molecule has 4 rings (SSSR count). The zero-order chi connectivity index (χ0) is 34.6. The molecule has 3 unspecified atom stereocenters. The van der Waals surface area contributed by atoms with E-state index in [1.165, 1.54) is 65.6 Å². The lowest BCUT2D eigenvalue weighted by Gasteiger charge is -2.46. The Morgan fingerprint density at radius 1 is 0.848 bits per heavy atom. The molecule has 0 saturated carbocycles. The first-order valence-electron chi connectivity index (χ1n) is 14.6. The first-order valence-corrected chi connectivity index (χ1v) is 16.4. The van der Waals surface area contributed by atoms with Crippen LogP contribution >= 0.6 is 7.14 Å². The zero-order valence-electron chi connectivity index (χ0n) is 25.2. The van der Waals surface area contributed by atoms with Gasteiger partial charge < -0.3 is 19.3 Å². The number of rotatable bonds is 9. The SMILES string of the molecule is CC(C)(C)OC(=O)N1C2CCC1CC(O)(CC(CC(F)(F)C(F)(F)C(F)(F)C(F)(F)F)P(=O)(c1ccccc1)c1ccccc1)C2. The fourth-order valence-electron chi connectivity index (χ4n) is 6.57. The number of hydrogen-bond donors (Lipinski definition) is 1. The van der Waals surface area contributed by atoms with Crippen LogP contribution in [0.1, 0.15) is 59.3 Å². The summed E-state index contributed by atoms with van der Waals surface area (Å²) in [5.41, 5.74) is -5.14. The summed E-state index contributed by atoms with van der Waals surface area (Å²) < 4.78 is 148. The quantitative estimate of drug-likeness (QED) is 0.215. The molecule has 1 N–H and O–H groups in total. The van der Waals surface area contributed by atoms with Crippen LogP contribution in [0.4, 0.5) is 44.3 Å². The van der Waals surface area contributed by atoms with Gasteiger partial charge in [-0.2, -0.15) is 39.5 Å². The minimum absolute atomic E-state index is 0.148. The van der Waals surface area contributed by atoms with Crippen LogP contribution in [-0.2, 0) is 9.30 Å². The maximum Gasteiger partial charge on any atom is 0.460 e. The minimum atomic E-state index is -7.13. The average molecular weight is 688 g/mol. The van der Waals surface area contributed by atoms with Gasteiger partial charge in [-0.25, -0.2) is 4.79 Å². The van der Waals surface area contributed by atoms with Crippen molar-refractivity contribution in [2.75, 3.05) is 0 Å². The Labute approximate surface area is 260 Å². The van der Waals surface area contributed by atoms with E-state index in [-0.39, 0.29) is 23.5 Å². The van der Waals surface area contributed by atoms with Gasteiger partial charge in [0.25, 0.3) is 0 Å². The molecule has 46 heavy (non-hydrogen) atoms. The molecular formula is C31H35F9NO4P. The summed E-state index contributed by atoms with van der Waals surface area (Å²) in [6.45, 7) is 4.92. The van der Waals surface area contributed by atoms with Gasteiger partial charge >= 0.3 is 30.0 Å². The summed E-state index contributed by atoms with van der Waals surface area (Å²) in [6.07, 6.45) is -10.9. The van der Waals surface area contributed by atoms with E-state index in [0.717, 1.165) is 0 Å². The molecule has 0 aromatic heterocycles. The van der Waals surface area contributed by atoms with E-state index in [0.29, 0.717) is 12.8 Å². The highest BCUT2D eigenvalue weighted by Crippen LogP contribution is 2.60. The Bertz CT molecular complexity index is 1370. The molecule has 2 aromatic carbocycles. The molecule has 5 nitrogen and oxygen atoms in total. The highest BCUT2D eigenvalue weighted by Gasteiger charge is 2.81. The molecule has 1 amide bonds. The normalized spacial score (nSPS) is 23.7. The van der Waals surface area contributed by atoms with Gasteiger partial charge in [0.1, 0.15) is 12.7 Å². The van der Waals surface area contributed by atoms with E-state index in [2.05, 4.69) is 0 Å². The molecule has 2 fully saturated rings. The predicted molar refractivity (Wildman–Crippen MR) is 153 cm³/mol. The number of halogens is 9. The second-order valence-corrected chi connectivity index (χ2v) is 16.2. The molecule has 3 atom stereocenters. The molecule has 2 bridgehead atoms. The maximum atomic E-state index is 15.4. The largest absolute Gasteiger partial charge is 0.460 e. The maximum absolute atomic E-state index is 15.4. The Morgan fingerprint density at radius 2 is 1.28 bits per heavy atom. The number of carbonyl (C=O) groups excluding carboxylic acids is 1. The first-order chi connectivity index (χ1) is 21.0. The molecule has 2 heterocycles. The van der Waals surface area contributed by atoms with E-state index < -0.39 is 79.0 Å². The van der Waals surface area contributed by atoms with Gasteiger partial charge in [0.05, 0.1) is 5.60 Å². The van der Waals surface area contributed by atoms with Crippen LogP contribution in [0.3, 0.4) is 0 Å². The molecule has 0 radical (unpaired) electrons. The fourth-order valence-corrected chi connectivity index (χ4v) is 10.0. The monoisotopic (exact) mass is 687 g/mol. The lowest BCUT2D eigenvalue weighted by atomic mass is 9.81. The van der Waals surface area contributed by atoms with Crippen LogP contribution in [0.2, 0.25) is 0 Å². The lowest BCUT2D eigenvalue weighted by Crippen LogP contribution is -2.62. The number of alkyl halides is 9. The van der Waals surface area contributed by atoms with Crippen molar-refractivity contribution < 1.29 is 58.7 Å². The van der Waals surface area contributed by atoms with Crippen LogP contribution < -0.4 is 10.6 Å². The van der Waals surface area contributed by atoms with Crippen LogP contribution in [0.25, 0.3) is 0 Å². The molecule has 2 aliphatic rings. The topological polar surface area (TPSA) is 66.8 Å². The fraction of sp³-hybridized carbons (Fsp3) is 0.581. The van der Waals surface area contributed by atoms with Gasteiger partial charge in [0, 0.05) is 34.8 Å². The second-order valence-electron chi connectivity index (χ2n) is 13.1. The van der Waals surface area contributed by atoms with Crippen LogP contribution in [0, 0.1) is 0 Å². The summed E-state index contributed by atoms with van der Waals surface area (Å²) in [5.74, 6) is -20.1. The van der Waals surface area contributed by atoms with Crippen molar-refractivity contribution in [3.63, 3.8) is 0 Å². The number of carbonyl (C=O) groups is 1. The van der Waals surface area contributed by atoms with E-state index >= 15 is 13.3 Å². The number of nitrogens with zero attached hydrogens (tertiary/aromatic N) is 1. The molecule has 15 heteroatoms. The number of aliphatic hydroxyl groups is 1. The molecule has 2 aliphatic heterocycles. The van der Waals surface area contributed by atoms with Crippen LogP contribution in [0.15, 0.2) is 60.7 Å². The van der Waals surface area contributed by atoms with E-state index in [1.54, 1.807) is 20.8 Å². The number of ether oxygens (including phenoxy) is 1. The third-order valence-corrected chi connectivity index (χ3v) is 12.1. The van der Waals surface area contributed by atoms with Gasteiger partial charge in [0.15, 0.2) is 0 Å². The van der Waals surface area contributed by atoms with Gasteiger partial charge in [-0.1, -0.05) is 60.7 Å². The summed E-state index contributed by atoms with van der Waals surface area (Å²) >= 11 is 0. The number of amides is 1. The van der Waals surface area contributed by atoms with E-state index in [1.807, 2.05) is 0 Å². The van der Waals surface area contributed by atoms with Crippen molar-refractivity contribution >= 4 is 23.8 Å². The number of piperidine rings is 1. The molecule has 0 aliphatic carbocycles. The standard InChI is InChI=1S/C31H35F9NO4P/c1-26(2,3)45-25(42)41-20-14-15-21(41)17-27(43,16-20)18-24(19-28(32,33)29(34,35)30(36,37)31(38,39)40)46(44,22-10-6-4-7-11-22)23-12-8-5-9-13-23/h4-13,20-21,24,43H,14-19H2,1-3H3. The number of fused-ring (bicyclic) bond motifs is 2. The highest BCUT2D eigenvalue weighted by atomic mass is 31.2. The molecule has 256 valence electrons. The molecule has 2 saturated heterocycles. The molecular weight excluding hydrogens is 652 g/mol. The highest BCUT2D eigenvalue weighted by molar-refractivity contribution is 7.79. The van der Waals surface area contributed by atoms with Crippen molar-refractivity contribution in [1.29, 1.82) is 0 Å². The van der Waals surface area contributed by atoms with Crippen molar-refractivity contribution in [1.82, 2.24) is 4.90 Å². The van der Waals surface area contributed by atoms with E-state index in [9.17, 15) is 40.6 Å². The van der Waals surface area contributed by atoms with Gasteiger partial charge in [-0.15, -0.1) is 0 Å².